The van der Waals surface area contributed by atoms with Gasteiger partial charge in [-0.3, -0.25) is 0 Å². The minimum absolute atomic E-state index is 0.0777. The maximum absolute atomic E-state index is 13.6. The zero-order valence-electron chi connectivity index (χ0n) is 14.0. The number of rotatable bonds is 7. The van der Waals surface area contributed by atoms with Gasteiger partial charge in [-0.05, 0) is 30.2 Å². The summed E-state index contributed by atoms with van der Waals surface area (Å²) in [6, 6.07) is -1.58. The van der Waals surface area contributed by atoms with Crippen LogP contribution >= 0.6 is 0 Å². The Morgan fingerprint density at radius 2 is 1.31 bits per heavy atom. The largest absolute Gasteiger partial charge is 0.460 e. The molecule has 0 heterocycles. The summed E-state index contributed by atoms with van der Waals surface area (Å²) < 4.78 is 146. The van der Waals surface area contributed by atoms with Crippen molar-refractivity contribution in [1.29, 1.82) is 0 Å². The van der Waals surface area contributed by atoms with Crippen molar-refractivity contribution >= 4 is 0 Å². The van der Waals surface area contributed by atoms with E-state index in [0.717, 1.165) is 6.07 Å². The van der Waals surface area contributed by atoms with Gasteiger partial charge < -0.3 is 14.9 Å². The number of aliphatic hydroxyl groups excluding tert-OH is 2. The molecule has 1 aromatic carbocycles. The highest BCUT2D eigenvalue weighted by Gasteiger charge is 2.83. The van der Waals surface area contributed by atoms with Crippen LogP contribution in [0.25, 0.3) is 0 Å². The smallest absolute Gasteiger partial charge is 0.429 e. The molecular formula is C15H11F11O3. The van der Waals surface area contributed by atoms with Crippen molar-refractivity contribution in [3.05, 3.63) is 40.7 Å². The van der Waals surface area contributed by atoms with Crippen molar-refractivity contribution in [2.75, 3.05) is 0 Å². The predicted octanol–water partition coefficient (Wildman–Crippen LogP) is 4.93. The number of allylic oxidation sites excluding steroid dienone is 1. The van der Waals surface area contributed by atoms with E-state index < -0.39 is 60.3 Å². The van der Waals surface area contributed by atoms with Gasteiger partial charge in [0.1, 0.15) is 5.75 Å². The number of hydrogen-bond acceptors (Lipinski definition) is 3. The molecule has 1 rings (SSSR count). The first-order chi connectivity index (χ1) is 13.0. The van der Waals surface area contributed by atoms with Crippen LogP contribution in [0.2, 0.25) is 0 Å². The highest BCUT2D eigenvalue weighted by molar-refractivity contribution is 5.42. The summed E-state index contributed by atoms with van der Waals surface area (Å²) in [5.74, 6) is -26.9. The molecule has 0 bridgehead atoms. The number of ether oxygens (including phenoxy) is 1. The highest BCUT2D eigenvalue weighted by Crippen LogP contribution is 2.55. The number of aliphatic hydroxyl groups is 2. The van der Waals surface area contributed by atoms with Gasteiger partial charge in [0, 0.05) is 5.56 Å². The maximum atomic E-state index is 13.6. The monoisotopic (exact) mass is 448 g/mol. The van der Waals surface area contributed by atoms with Crippen LogP contribution < -0.4 is 4.74 Å². The van der Waals surface area contributed by atoms with Gasteiger partial charge in [-0.25, -0.2) is 0 Å². The van der Waals surface area contributed by atoms with Crippen LogP contribution in [0.3, 0.4) is 0 Å². The van der Waals surface area contributed by atoms with Gasteiger partial charge in [0.05, 0.1) is 13.2 Å². The molecule has 0 atom stereocenters. The average molecular weight is 448 g/mol. The van der Waals surface area contributed by atoms with Crippen LogP contribution in [-0.2, 0) is 13.2 Å². The van der Waals surface area contributed by atoms with Gasteiger partial charge in [0.25, 0.3) is 0 Å². The summed E-state index contributed by atoms with van der Waals surface area (Å²) in [5.41, 5.74) is -0.264. The third kappa shape index (κ3) is 4.27. The topological polar surface area (TPSA) is 49.7 Å². The van der Waals surface area contributed by atoms with E-state index in [4.69, 9.17) is 10.2 Å². The number of alkyl halides is 9. The number of aryl methyl sites for hydroxylation is 1. The maximum Gasteiger partial charge on any atom is 0.460 e. The van der Waals surface area contributed by atoms with Gasteiger partial charge in [-0.2, -0.15) is 48.3 Å². The van der Waals surface area contributed by atoms with E-state index in [2.05, 4.69) is 4.74 Å². The lowest BCUT2D eigenvalue weighted by Gasteiger charge is -2.32. The molecule has 0 saturated heterocycles. The van der Waals surface area contributed by atoms with Crippen molar-refractivity contribution < 1.29 is 63.2 Å². The third-order valence-electron chi connectivity index (χ3n) is 3.65. The zero-order chi connectivity index (χ0) is 23.0. The van der Waals surface area contributed by atoms with E-state index >= 15 is 0 Å². The molecule has 0 radical (unpaired) electrons. The molecule has 29 heavy (non-hydrogen) atoms. The lowest BCUT2D eigenvalue weighted by molar-refractivity contribution is -0.392. The summed E-state index contributed by atoms with van der Waals surface area (Å²) in [6.45, 7) is -0.390. The van der Waals surface area contributed by atoms with E-state index in [-0.39, 0.29) is 11.1 Å². The Morgan fingerprint density at radius 3 is 1.72 bits per heavy atom. The Kier molecular flexibility index (Phi) is 6.86. The molecule has 0 amide bonds. The van der Waals surface area contributed by atoms with Crippen LogP contribution in [0.15, 0.2) is 24.0 Å². The minimum Gasteiger partial charge on any atom is -0.429 e. The lowest BCUT2D eigenvalue weighted by atomic mass is 10.0. The van der Waals surface area contributed by atoms with Gasteiger partial charge in [-0.15, -0.1) is 0 Å². The fourth-order valence-corrected chi connectivity index (χ4v) is 1.96. The van der Waals surface area contributed by atoms with E-state index in [1.165, 1.54) is 6.92 Å². The molecule has 0 aliphatic heterocycles. The molecular weight excluding hydrogens is 437 g/mol. The minimum atomic E-state index is -7.43. The number of benzene rings is 1. The summed E-state index contributed by atoms with van der Waals surface area (Å²) in [5, 5.41) is 18.1. The standard InChI is InChI=1S/C15H11F11O3/c1-6-2-8(5-28)9(3-7(6)4-27)29-11(17)10(16)12(18,19)13(20,21)14(22,23)15(24,25)26/h2-3,27-28H,4-5H2,1H3. The first-order valence-corrected chi connectivity index (χ1v) is 7.23. The van der Waals surface area contributed by atoms with Gasteiger partial charge >= 0.3 is 30.0 Å². The zero-order valence-corrected chi connectivity index (χ0v) is 14.0. The van der Waals surface area contributed by atoms with Crippen molar-refractivity contribution in [2.24, 2.45) is 0 Å². The molecule has 2 N–H and O–H groups in total. The van der Waals surface area contributed by atoms with E-state index in [9.17, 15) is 48.3 Å². The summed E-state index contributed by atoms with van der Waals surface area (Å²) in [6.07, 6.45) is -7.21. The second kappa shape index (κ2) is 7.97. The second-order valence-electron chi connectivity index (χ2n) is 5.61. The van der Waals surface area contributed by atoms with Crippen LogP contribution in [0.5, 0.6) is 5.75 Å². The van der Waals surface area contributed by atoms with Crippen LogP contribution in [0, 0.1) is 6.92 Å². The first-order valence-electron chi connectivity index (χ1n) is 7.23. The Hall–Kier alpha value is -2.09. The molecule has 0 aliphatic rings. The normalized spacial score (nSPS) is 14.7. The van der Waals surface area contributed by atoms with E-state index in [1.54, 1.807) is 0 Å². The molecule has 166 valence electrons. The van der Waals surface area contributed by atoms with E-state index in [1.807, 2.05) is 0 Å². The molecule has 0 saturated carbocycles. The van der Waals surface area contributed by atoms with Gasteiger partial charge in [0.15, 0.2) is 0 Å². The Bertz CT molecular complexity index is 784. The van der Waals surface area contributed by atoms with Crippen LogP contribution in [0.4, 0.5) is 48.3 Å². The van der Waals surface area contributed by atoms with Crippen molar-refractivity contribution in [3.8, 4) is 5.75 Å². The first kappa shape index (κ1) is 24.9. The van der Waals surface area contributed by atoms with Crippen molar-refractivity contribution in [3.63, 3.8) is 0 Å². The average Bonchev–Trinajstić information content (AvgIpc) is 2.60. The second-order valence-corrected chi connectivity index (χ2v) is 5.61. The fraction of sp³-hybridized carbons (Fsp3) is 0.467. The van der Waals surface area contributed by atoms with Gasteiger partial charge in [-0.1, -0.05) is 0 Å². The Morgan fingerprint density at radius 1 is 0.828 bits per heavy atom. The molecule has 1 aromatic rings. The molecule has 14 heteroatoms. The lowest BCUT2D eigenvalue weighted by Crippen LogP contribution is -2.61. The molecule has 0 aromatic heterocycles. The quantitative estimate of drug-likeness (QED) is 0.459. The third-order valence-corrected chi connectivity index (χ3v) is 3.65. The molecule has 0 spiro atoms. The van der Waals surface area contributed by atoms with E-state index in [0.29, 0.717) is 6.07 Å². The summed E-state index contributed by atoms with van der Waals surface area (Å²) in [7, 11) is 0. The SMILES string of the molecule is Cc1cc(CO)c(OC(F)=C(F)C(F)(F)C(F)(F)C(F)(F)C(F)(F)F)cc1CO. The van der Waals surface area contributed by atoms with Crippen molar-refractivity contribution in [2.45, 2.75) is 44.1 Å². The van der Waals surface area contributed by atoms with Crippen molar-refractivity contribution in [1.82, 2.24) is 0 Å². The Labute approximate surface area is 155 Å². The molecule has 0 unspecified atom stereocenters. The summed E-state index contributed by atoms with van der Waals surface area (Å²) >= 11 is 0. The predicted molar refractivity (Wildman–Crippen MR) is 73.8 cm³/mol. The fourth-order valence-electron chi connectivity index (χ4n) is 1.96. The Balaban J connectivity index is 3.45. The van der Waals surface area contributed by atoms with Crippen LogP contribution in [-0.4, -0.2) is 34.2 Å². The number of hydrogen-bond donors (Lipinski definition) is 2. The summed E-state index contributed by atoms with van der Waals surface area (Å²) in [4.78, 5) is 0. The molecule has 3 nitrogen and oxygen atoms in total. The van der Waals surface area contributed by atoms with Crippen LogP contribution in [0.1, 0.15) is 16.7 Å². The highest BCUT2D eigenvalue weighted by atomic mass is 19.4. The molecule has 0 aliphatic carbocycles. The molecule has 0 fully saturated rings. The number of halogens is 11. The van der Waals surface area contributed by atoms with Gasteiger partial charge in [0.2, 0.25) is 5.83 Å².